The van der Waals surface area contributed by atoms with E-state index in [1.807, 2.05) is 0 Å². The number of aromatic nitrogens is 3. The molecule has 3 heterocycles. The van der Waals surface area contributed by atoms with E-state index in [4.69, 9.17) is 20.6 Å². The number of aliphatic hydroxyl groups excluding tert-OH is 2. The summed E-state index contributed by atoms with van der Waals surface area (Å²) in [5.74, 6) is -0.908. The number of fused-ring (bicyclic) bond motifs is 1. The van der Waals surface area contributed by atoms with Crippen LogP contribution in [0.3, 0.4) is 0 Å². The average molecular weight is 365 g/mol. The number of esters is 1. The SMILES string of the molecule is CC(=O)O[C@@H](C)[C@H]1O[C@@H](n2cc(C(=N)N)c3c(=O)[nH]cnc32)[C@H](O)[C@@H]1O. The van der Waals surface area contributed by atoms with E-state index in [1.54, 1.807) is 0 Å². The molecular weight excluding hydrogens is 346 g/mol. The topological polar surface area (TPSA) is 177 Å². The quantitative estimate of drug-likeness (QED) is 0.249. The fourth-order valence-electron chi connectivity index (χ4n) is 3.12. The number of aromatic amines is 1. The first-order valence-corrected chi connectivity index (χ1v) is 7.83. The summed E-state index contributed by atoms with van der Waals surface area (Å²) in [4.78, 5) is 29.7. The number of nitrogens with zero attached hydrogens (tertiary/aromatic N) is 2. The molecule has 0 spiro atoms. The van der Waals surface area contributed by atoms with Crippen molar-refractivity contribution in [2.75, 3.05) is 0 Å². The number of carbonyl (C=O) groups excluding carboxylic acids is 1. The van der Waals surface area contributed by atoms with Crippen LogP contribution in [0.1, 0.15) is 25.6 Å². The molecular formula is C15H19N5O6. The summed E-state index contributed by atoms with van der Waals surface area (Å²) in [6, 6.07) is 0. The molecule has 0 unspecified atom stereocenters. The van der Waals surface area contributed by atoms with Gasteiger partial charge in [-0.05, 0) is 6.92 Å². The molecule has 11 heteroatoms. The van der Waals surface area contributed by atoms with Crippen molar-refractivity contribution < 1.29 is 24.5 Å². The third-order valence-corrected chi connectivity index (χ3v) is 4.27. The fourth-order valence-corrected chi connectivity index (χ4v) is 3.12. The lowest BCUT2D eigenvalue weighted by atomic mass is 10.1. The highest BCUT2D eigenvalue weighted by Gasteiger charge is 2.47. The van der Waals surface area contributed by atoms with Gasteiger partial charge in [0.25, 0.3) is 5.56 Å². The van der Waals surface area contributed by atoms with E-state index in [-0.39, 0.29) is 22.4 Å². The van der Waals surface area contributed by atoms with Gasteiger partial charge in [-0.3, -0.25) is 15.0 Å². The number of aliphatic hydroxyl groups is 2. The Kier molecular flexibility index (Phi) is 4.52. The van der Waals surface area contributed by atoms with Crippen molar-refractivity contribution in [2.24, 2.45) is 5.73 Å². The number of nitrogen functional groups attached to an aromatic ring is 1. The first-order valence-electron chi connectivity index (χ1n) is 7.83. The van der Waals surface area contributed by atoms with Crippen LogP contribution in [0.5, 0.6) is 0 Å². The zero-order valence-electron chi connectivity index (χ0n) is 14.0. The van der Waals surface area contributed by atoms with Crippen molar-refractivity contribution in [3.63, 3.8) is 0 Å². The molecule has 1 aliphatic rings. The van der Waals surface area contributed by atoms with Crippen LogP contribution in [0.25, 0.3) is 11.0 Å². The molecule has 1 saturated heterocycles. The Hall–Kier alpha value is -2.76. The van der Waals surface area contributed by atoms with E-state index in [0.717, 1.165) is 0 Å². The molecule has 2 aromatic heterocycles. The van der Waals surface area contributed by atoms with Gasteiger partial charge in [0, 0.05) is 18.7 Å². The van der Waals surface area contributed by atoms with E-state index in [0.29, 0.717) is 0 Å². The second kappa shape index (κ2) is 6.52. The molecule has 0 radical (unpaired) electrons. The second-order valence-electron chi connectivity index (χ2n) is 6.08. The minimum atomic E-state index is -1.38. The van der Waals surface area contributed by atoms with Crippen LogP contribution in [0.15, 0.2) is 17.3 Å². The first kappa shape index (κ1) is 18.0. The van der Waals surface area contributed by atoms with E-state index < -0.39 is 42.2 Å². The van der Waals surface area contributed by atoms with Crippen LogP contribution in [0, 0.1) is 5.41 Å². The zero-order chi connectivity index (χ0) is 19.2. The van der Waals surface area contributed by atoms with Crippen LogP contribution < -0.4 is 11.3 Å². The Balaban J connectivity index is 2.04. The summed E-state index contributed by atoms with van der Waals surface area (Å²) in [6.45, 7) is 2.75. The van der Waals surface area contributed by atoms with Crippen LogP contribution in [-0.4, -0.2) is 61.0 Å². The Bertz CT molecular complexity index is 921. The minimum Gasteiger partial charge on any atom is -0.460 e. The predicted molar refractivity (Wildman–Crippen MR) is 88.5 cm³/mol. The lowest BCUT2D eigenvalue weighted by molar-refractivity contribution is -0.157. The highest BCUT2D eigenvalue weighted by molar-refractivity contribution is 6.06. The minimum absolute atomic E-state index is 0.0711. The largest absolute Gasteiger partial charge is 0.460 e. The molecule has 5 atom stereocenters. The zero-order valence-corrected chi connectivity index (χ0v) is 14.0. The number of hydrogen-bond donors (Lipinski definition) is 5. The third-order valence-electron chi connectivity index (χ3n) is 4.27. The molecule has 0 saturated carbocycles. The number of rotatable bonds is 4. The number of nitrogens with one attached hydrogen (secondary N) is 2. The monoisotopic (exact) mass is 365 g/mol. The summed E-state index contributed by atoms with van der Waals surface area (Å²) in [5, 5.41) is 28.4. The predicted octanol–water partition coefficient (Wildman–Crippen LogP) is -1.42. The number of amidine groups is 1. The van der Waals surface area contributed by atoms with Gasteiger partial charge in [0.1, 0.15) is 35.9 Å². The summed E-state index contributed by atoms with van der Waals surface area (Å²) >= 11 is 0. The van der Waals surface area contributed by atoms with Crippen molar-refractivity contribution in [1.82, 2.24) is 14.5 Å². The van der Waals surface area contributed by atoms with Crippen LogP contribution >= 0.6 is 0 Å². The molecule has 26 heavy (non-hydrogen) atoms. The number of nitrogens with two attached hydrogens (primary N) is 1. The number of ether oxygens (including phenoxy) is 2. The number of H-pyrrole nitrogens is 1. The van der Waals surface area contributed by atoms with Crippen molar-refractivity contribution in [1.29, 1.82) is 5.41 Å². The summed E-state index contributed by atoms with van der Waals surface area (Å²) in [6.07, 6.45) is -3.11. The summed E-state index contributed by atoms with van der Waals surface area (Å²) < 4.78 is 12.0. The highest BCUT2D eigenvalue weighted by Crippen LogP contribution is 2.34. The van der Waals surface area contributed by atoms with Gasteiger partial charge < -0.3 is 35.0 Å². The molecule has 0 bridgehead atoms. The summed E-state index contributed by atoms with van der Waals surface area (Å²) in [7, 11) is 0. The van der Waals surface area contributed by atoms with Crippen LogP contribution in [0.4, 0.5) is 0 Å². The Labute approximate surface area is 146 Å². The van der Waals surface area contributed by atoms with Gasteiger partial charge >= 0.3 is 5.97 Å². The lowest BCUT2D eigenvalue weighted by Crippen LogP contribution is -2.39. The van der Waals surface area contributed by atoms with Crippen molar-refractivity contribution >= 4 is 22.8 Å². The Morgan fingerprint density at radius 3 is 2.81 bits per heavy atom. The summed E-state index contributed by atoms with van der Waals surface area (Å²) in [5.41, 5.74) is 5.29. The van der Waals surface area contributed by atoms with Crippen molar-refractivity contribution in [3.05, 3.63) is 28.4 Å². The lowest BCUT2D eigenvalue weighted by Gasteiger charge is -2.21. The second-order valence-corrected chi connectivity index (χ2v) is 6.08. The molecule has 0 aliphatic carbocycles. The van der Waals surface area contributed by atoms with E-state index in [1.165, 1.54) is 30.9 Å². The maximum absolute atomic E-state index is 12.1. The van der Waals surface area contributed by atoms with E-state index in [2.05, 4.69) is 9.97 Å². The maximum atomic E-state index is 12.1. The molecule has 1 aliphatic heterocycles. The molecule has 3 rings (SSSR count). The molecule has 11 nitrogen and oxygen atoms in total. The molecule has 0 aromatic carbocycles. The molecule has 1 fully saturated rings. The Morgan fingerprint density at radius 1 is 1.50 bits per heavy atom. The van der Waals surface area contributed by atoms with Gasteiger partial charge in [-0.1, -0.05) is 0 Å². The van der Waals surface area contributed by atoms with Gasteiger partial charge in [0.2, 0.25) is 0 Å². The highest BCUT2D eigenvalue weighted by atomic mass is 16.6. The first-order chi connectivity index (χ1) is 12.2. The van der Waals surface area contributed by atoms with Gasteiger partial charge in [0.05, 0.1) is 11.7 Å². The molecule has 0 amide bonds. The number of hydrogen-bond acceptors (Lipinski definition) is 8. The van der Waals surface area contributed by atoms with E-state index >= 15 is 0 Å². The van der Waals surface area contributed by atoms with Crippen molar-refractivity contribution in [3.8, 4) is 0 Å². The van der Waals surface area contributed by atoms with Gasteiger partial charge in [-0.25, -0.2) is 4.98 Å². The van der Waals surface area contributed by atoms with Crippen LogP contribution in [0.2, 0.25) is 0 Å². The average Bonchev–Trinajstić information content (AvgIpc) is 3.07. The normalized spacial score (nSPS) is 26.8. The van der Waals surface area contributed by atoms with Gasteiger partial charge in [0.15, 0.2) is 6.23 Å². The maximum Gasteiger partial charge on any atom is 0.302 e. The van der Waals surface area contributed by atoms with Crippen molar-refractivity contribution in [2.45, 2.75) is 44.5 Å². The van der Waals surface area contributed by atoms with Gasteiger partial charge in [-0.2, -0.15) is 0 Å². The fraction of sp³-hybridized carbons (Fsp3) is 0.467. The molecule has 2 aromatic rings. The van der Waals surface area contributed by atoms with Gasteiger partial charge in [-0.15, -0.1) is 0 Å². The van der Waals surface area contributed by atoms with E-state index in [9.17, 15) is 19.8 Å². The standard InChI is InChI=1S/C15H19N5O6/c1-5(25-6(2)21)11-9(22)10(23)15(26-11)20-3-7(12(16)17)8-13(20)18-4-19-14(8)24/h3-5,9-11,15,22-23H,1-2H3,(H3,16,17)(H,18,19,24)/t5-,9-,10+,11+,15+/m0/s1. The number of carbonyl (C=O) groups is 1. The third kappa shape index (κ3) is 2.85. The molecule has 140 valence electrons. The molecule has 6 N–H and O–H groups in total. The van der Waals surface area contributed by atoms with Crippen LogP contribution in [-0.2, 0) is 14.3 Å². The smallest absolute Gasteiger partial charge is 0.302 e. The Morgan fingerprint density at radius 2 is 2.19 bits per heavy atom.